The molecule has 0 unspecified atom stereocenters. The van der Waals surface area contributed by atoms with Crippen molar-refractivity contribution in [3.05, 3.63) is 0 Å². The van der Waals surface area contributed by atoms with Gasteiger partial charge in [-0.3, -0.25) is 0 Å². The Hall–Kier alpha value is 0.546. The van der Waals surface area contributed by atoms with Crippen LogP contribution in [0.5, 0.6) is 0 Å². The molecule has 42 valence electrons. The standard InChI is InChI=1S/Co.Mn.2H2O.2O/h;;2*1H2;;/q;+2;;;;/p-2. The zero-order valence-electron chi connectivity index (χ0n) is 2.42. The molecular formula is H2CoMnO4. The van der Waals surface area contributed by atoms with E-state index in [9.17, 15) is 0 Å². The molecule has 0 rings (SSSR count). The number of rotatable bonds is 0. The summed E-state index contributed by atoms with van der Waals surface area (Å²) in [6, 6.07) is 0. The van der Waals surface area contributed by atoms with Gasteiger partial charge in [0.15, 0.2) is 0 Å². The van der Waals surface area contributed by atoms with Crippen molar-refractivity contribution in [2.24, 2.45) is 0 Å². The van der Waals surface area contributed by atoms with Crippen molar-refractivity contribution in [3.8, 4) is 0 Å². The molecule has 2 N–H and O–H groups in total. The molecule has 0 spiro atoms. The summed E-state index contributed by atoms with van der Waals surface area (Å²) in [6.07, 6.45) is 0. The van der Waals surface area contributed by atoms with Gasteiger partial charge in [-0.2, -0.15) is 0 Å². The quantitative estimate of drug-likeness (QED) is 0.451. The van der Waals surface area contributed by atoms with E-state index < -0.39 is 13.4 Å². The Morgan fingerprint density at radius 2 is 1.17 bits per heavy atom. The van der Waals surface area contributed by atoms with Gasteiger partial charge in [0.05, 0.1) is 0 Å². The second kappa shape index (κ2) is 2.67. The first-order chi connectivity index (χ1) is 2.00. The van der Waals surface area contributed by atoms with Gasteiger partial charge in [0, 0.05) is 16.8 Å². The van der Waals surface area contributed by atoms with Crippen molar-refractivity contribution >= 4 is 0 Å². The third-order valence-electron chi connectivity index (χ3n) is 0. The Balaban J connectivity index is 0. The molecule has 0 atom stereocenters. The van der Waals surface area contributed by atoms with E-state index in [0.717, 1.165) is 0 Å². The SMILES string of the molecule is [Co].[O]=[Mn](=[O])([OH])[OH]. The summed E-state index contributed by atoms with van der Waals surface area (Å²) in [7, 11) is 0. The molecule has 0 fully saturated rings. The van der Waals surface area contributed by atoms with Gasteiger partial charge in [0.2, 0.25) is 0 Å². The zero-order valence-corrected chi connectivity index (χ0v) is 4.64. The van der Waals surface area contributed by atoms with E-state index in [-0.39, 0.29) is 16.8 Å². The van der Waals surface area contributed by atoms with Gasteiger partial charge in [-0.1, -0.05) is 0 Å². The molecule has 0 bridgehead atoms. The summed E-state index contributed by atoms with van der Waals surface area (Å²) in [5, 5.41) is 0. The van der Waals surface area contributed by atoms with E-state index in [2.05, 4.69) is 0 Å². The van der Waals surface area contributed by atoms with E-state index in [4.69, 9.17) is 16.0 Å². The van der Waals surface area contributed by atoms with Crippen molar-refractivity contribution in [2.75, 3.05) is 0 Å². The van der Waals surface area contributed by atoms with Crippen LogP contribution in [0.15, 0.2) is 0 Å². The summed E-state index contributed by atoms with van der Waals surface area (Å²) >= 11 is -5.12. The second-order valence-electron chi connectivity index (χ2n) is 0.415. The van der Waals surface area contributed by atoms with Crippen LogP contribution in [0, 0.1) is 0 Å². The van der Waals surface area contributed by atoms with E-state index in [1.165, 1.54) is 0 Å². The van der Waals surface area contributed by atoms with Crippen LogP contribution in [0.25, 0.3) is 0 Å². The van der Waals surface area contributed by atoms with Crippen LogP contribution < -0.4 is 0 Å². The molecule has 0 aromatic carbocycles. The molecule has 0 saturated heterocycles. The molecule has 6 heteroatoms. The van der Waals surface area contributed by atoms with Crippen molar-refractivity contribution in [1.29, 1.82) is 0 Å². The summed E-state index contributed by atoms with van der Waals surface area (Å²) in [4.78, 5) is 0. The Morgan fingerprint density at radius 3 is 1.17 bits per heavy atom. The first-order valence-corrected chi connectivity index (χ1v) is 2.67. The van der Waals surface area contributed by atoms with Crippen molar-refractivity contribution in [2.45, 2.75) is 0 Å². The van der Waals surface area contributed by atoms with Gasteiger partial charge in [-0.15, -0.1) is 0 Å². The summed E-state index contributed by atoms with van der Waals surface area (Å²) < 4.78 is 31.8. The molecule has 0 aromatic heterocycles. The van der Waals surface area contributed by atoms with Crippen LogP contribution in [0.4, 0.5) is 0 Å². The fourth-order valence-corrected chi connectivity index (χ4v) is 0. The van der Waals surface area contributed by atoms with Crippen molar-refractivity contribution < 1.29 is 46.2 Å². The third-order valence-corrected chi connectivity index (χ3v) is 0. The van der Waals surface area contributed by atoms with E-state index >= 15 is 0 Å². The minimum atomic E-state index is -5.12. The van der Waals surface area contributed by atoms with Gasteiger partial charge in [0.25, 0.3) is 0 Å². The summed E-state index contributed by atoms with van der Waals surface area (Å²) in [5.74, 6) is 0. The zero-order chi connectivity index (χ0) is 4.50. The summed E-state index contributed by atoms with van der Waals surface area (Å²) in [5.41, 5.74) is 0. The van der Waals surface area contributed by atoms with Gasteiger partial charge >= 0.3 is 29.4 Å². The Labute approximate surface area is 46.6 Å². The minimum absolute atomic E-state index is 0. The molecule has 0 amide bonds. The maximum atomic E-state index is 8.80. The van der Waals surface area contributed by atoms with Crippen LogP contribution in [-0.4, -0.2) is 8.38 Å². The topological polar surface area (TPSA) is 74.6 Å². The fourth-order valence-electron chi connectivity index (χ4n) is 0. The molecule has 4 nitrogen and oxygen atoms in total. The second-order valence-corrected chi connectivity index (χ2v) is 1.71. The molecular weight excluding hydrogens is 178 g/mol. The number of hydrogen-bond donors (Lipinski definition) is 2. The van der Waals surface area contributed by atoms with Crippen molar-refractivity contribution in [1.82, 2.24) is 0 Å². The van der Waals surface area contributed by atoms with Crippen LogP contribution in [0.2, 0.25) is 0 Å². The normalized spacial score (nSPS) is 9.67. The van der Waals surface area contributed by atoms with Gasteiger partial charge in [-0.25, -0.2) is 0 Å². The fraction of sp³-hybridized carbons (Fsp3) is 0. The van der Waals surface area contributed by atoms with E-state index in [0.29, 0.717) is 0 Å². The van der Waals surface area contributed by atoms with E-state index in [1.54, 1.807) is 0 Å². The molecule has 1 radical (unpaired) electrons. The Kier molecular flexibility index (Phi) is 4.34. The van der Waals surface area contributed by atoms with Crippen molar-refractivity contribution in [3.63, 3.8) is 0 Å². The predicted octanol–water partition coefficient (Wildman–Crippen LogP) is -1.36. The number of hydrogen-bond acceptors (Lipinski definition) is 2. The Morgan fingerprint density at radius 1 is 1.17 bits per heavy atom. The van der Waals surface area contributed by atoms with E-state index in [1.807, 2.05) is 0 Å². The molecule has 0 aliphatic rings. The predicted molar refractivity (Wildman–Crippen MR) is 5.81 cm³/mol. The molecule has 0 heterocycles. The first-order valence-electron chi connectivity index (χ1n) is 0.647. The van der Waals surface area contributed by atoms with Crippen LogP contribution in [0.1, 0.15) is 0 Å². The van der Waals surface area contributed by atoms with Crippen LogP contribution in [0.3, 0.4) is 0 Å². The summed E-state index contributed by atoms with van der Waals surface area (Å²) in [6.45, 7) is 0. The monoisotopic (exact) mass is 180 g/mol. The van der Waals surface area contributed by atoms with Gasteiger partial charge in [-0.05, 0) is 0 Å². The van der Waals surface area contributed by atoms with Gasteiger partial charge in [0.1, 0.15) is 0 Å². The molecule has 0 aliphatic carbocycles. The molecule has 6 heavy (non-hydrogen) atoms. The average Bonchev–Trinajstić information content (AvgIpc) is 0.722. The van der Waals surface area contributed by atoms with Crippen LogP contribution >= 0.6 is 0 Å². The molecule has 0 saturated carbocycles. The molecule has 0 aromatic rings. The van der Waals surface area contributed by atoms with Gasteiger partial charge < -0.3 is 0 Å². The average molecular weight is 180 g/mol. The Bertz CT molecular complexity index is 90.7. The molecule has 0 aliphatic heterocycles. The third kappa shape index (κ3) is 192. The first kappa shape index (κ1) is 9.74. The van der Waals surface area contributed by atoms with Crippen LogP contribution in [-0.2, 0) is 37.8 Å². The maximum absolute atomic E-state index is 8.80.